The first-order valence-corrected chi connectivity index (χ1v) is 9.79. The summed E-state index contributed by atoms with van der Waals surface area (Å²) in [5.74, 6) is 0.238. The summed E-state index contributed by atoms with van der Waals surface area (Å²) in [5.41, 5.74) is -0.441. The molecule has 0 radical (unpaired) electrons. The van der Waals surface area contributed by atoms with Crippen LogP contribution in [0.3, 0.4) is 0 Å². The summed E-state index contributed by atoms with van der Waals surface area (Å²) in [7, 11) is 2.54. The first kappa shape index (κ1) is 20.3. The number of hydrogen-bond donors (Lipinski definition) is 1. The Hall–Kier alpha value is -0.740. The number of allylic oxidation sites excluding steroid dienone is 1. The number of methoxy groups -OCH3 is 1. The molecule has 0 aliphatic carbocycles. The molecule has 1 fully saturated rings. The molecule has 5 nitrogen and oxygen atoms in total. The number of rotatable bonds is 8. The zero-order valence-electron chi connectivity index (χ0n) is 15.2. The normalized spacial score (nSPS) is 30.9. The lowest BCUT2D eigenvalue weighted by atomic mass is 9.81. The van der Waals surface area contributed by atoms with E-state index in [9.17, 15) is 9.47 Å². The second-order valence-corrected chi connectivity index (χ2v) is 7.69. The minimum atomic E-state index is -1.15. The summed E-state index contributed by atoms with van der Waals surface area (Å²) in [6.45, 7) is 6.19. The molecule has 0 aromatic heterocycles. The number of nitrogens with one attached hydrogen (secondary N) is 1. The number of nitriles is 1. The number of likely N-dealkylation sites (tertiary alicyclic amines) is 1. The van der Waals surface area contributed by atoms with Crippen LogP contribution in [0.1, 0.15) is 40.0 Å². The molecular weight excluding hydrogens is 310 g/mol. The standard InChI is InChI=1S/C17H31N3O2S/c1-7-9-13-11-14(12-18)20(4)15(13)16(19-23(6)21)17(3,22-5)10-8-2/h7,9,13-16,19H,8,10-11H2,1-6H3/b9-7-. The van der Waals surface area contributed by atoms with Gasteiger partial charge < -0.3 is 4.74 Å². The molecule has 6 heteroatoms. The monoisotopic (exact) mass is 341 g/mol. The first-order chi connectivity index (χ1) is 10.8. The zero-order valence-corrected chi connectivity index (χ0v) is 16.0. The number of nitrogens with zero attached hydrogens (tertiary/aromatic N) is 2. The summed E-state index contributed by atoms with van der Waals surface area (Å²) in [6, 6.07) is 2.21. The number of likely N-dealkylation sites (N-methyl/N-ethyl adjacent to an activating group) is 1. The van der Waals surface area contributed by atoms with Crippen LogP contribution >= 0.6 is 0 Å². The van der Waals surface area contributed by atoms with Crippen LogP contribution in [0, 0.1) is 17.2 Å². The Balaban J connectivity index is 3.27. The minimum Gasteiger partial charge on any atom is -0.377 e. The Morgan fingerprint density at radius 1 is 1.61 bits per heavy atom. The van der Waals surface area contributed by atoms with E-state index in [4.69, 9.17) is 4.74 Å². The van der Waals surface area contributed by atoms with Crippen molar-refractivity contribution in [3.8, 4) is 6.07 Å². The van der Waals surface area contributed by atoms with Crippen molar-refractivity contribution in [3.05, 3.63) is 12.2 Å². The Morgan fingerprint density at radius 2 is 2.26 bits per heavy atom. The van der Waals surface area contributed by atoms with E-state index in [1.165, 1.54) is 0 Å². The van der Waals surface area contributed by atoms with E-state index in [-0.39, 0.29) is 24.0 Å². The fourth-order valence-corrected chi connectivity index (χ4v) is 4.50. The van der Waals surface area contributed by atoms with E-state index < -0.39 is 16.6 Å². The predicted octanol–water partition coefficient (Wildman–Crippen LogP) is 2.23. The van der Waals surface area contributed by atoms with Crippen LogP contribution in [0.25, 0.3) is 0 Å². The molecule has 0 aromatic rings. The Kier molecular flexibility index (Phi) is 7.88. The van der Waals surface area contributed by atoms with Gasteiger partial charge in [0.2, 0.25) is 0 Å². The Labute approximate surface area is 143 Å². The third kappa shape index (κ3) is 4.63. The van der Waals surface area contributed by atoms with Gasteiger partial charge in [0.1, 0.15) is 0 Å². The molecular formula is C17H31N3O2S. The second kappa shape index (κ2) is 8.93. The molecule has 0 amide bonds. The Morgan fingerprint density at radius 3 is 2.70 bits per heavy atom. The van der Waals surface area contributed by atoms with Gasteiger partial charge in [0.25, 0.3) is 0 Å². The lowest BCUT2D eigenvalue weighted by Gasteiger charge is -2.43. The second-order valence-electron chi connectivity index (χ2n) is 6.54. The van der Waals surface area contributed by atoms with Gasteiger partial charge in [-0.05, 0) is 39.7 Å². The third-order valence-corrected chi connectivity index (χ3v) is 5.58. The summed E-state index contributed by atoms with van der Waals surface area (Å²) in [6.07, 6.45) is 8.48. The van der Waals surface area contributed by atoms with Crippen molar-refractivity contribution in [2.24, 2.45) is 5.92 Å². The van der Waals surface area contributed by atoms with Crippen molar-refractivity contribution in [2.45, 2.75) is 63.8 Å². The zero-order chi connectivity index (χ0) is 17.6. The smallest absolute Gasteiger partial charge is 0.0984 e. The van der Waals surface area contributed by atoms with Crippen LogP contribution in [0.4, 0.5) is 0 Å². The van der Waals surface area contributed by atoms with Gasteiger partial charge in [0.05, 0.1) is 34.7 Å². The van der Waals surface area contributed by atoms with E-state index in [0.717, 1.165) is 19.3 Å². The summed E-state index contributed by atoms with van der Waals surface area (Å²) in [4.78, 5) is 2.11. The molecule has 1 aliphatic heterocycles. The topological polar surface area (TPSA) is 65.4 Å². The largest absolute Gasteiger partial charge is 0.377 e. The number of hydrogen-bond acceptors (Lipinski definition) is 4. The summed E-state index contributed by atoms with van der Waals surface area (Å²) >= 11 is 0. The summed E-state index contributed by atoms with van der Waals surface area (Å²) < 4.78 is 21.0. The van der Waals surface area contributed by atoms with Crippen LogP contribution in [-0.2, 0) is 15.7 Å². The molecule has 1 heterocycles. The van der Waals surface area contributed by atoms with Gasteiger partial charge in [-0.1, -0.05) is 25.5 Å². The van der Waals surface area contributed by atoms with E-state index in [0.29, 0.717) is 0 Å². The van der Waals surface area contributed by atoms with Crippen molar-refractivity contribution in [1.29, 1.82) is 5.26 Å². The van der Waals surface area contributed by atoms with Crippen molar-refractivity contribution < 1.29 is 8.95 Å². The average molecular weight is 342 g/mol. The van der Waals surface area contributed by atoms with Crippen LogP contribution in [0.2, 0.25) is 0 Å². The quantitative estimate of drug-likeness (QED) is 0.688. The number of ether oxygens (including phenoxy) is 1. The molecule has 0 aromatic carbocycles. The molecule has 0 bridgehead atoms. The van der Waals surface area contributed by atoms with Gasteiger partial charge in [0, 0.05) is 19.4 Å². The highest BCUT2D eigenvalue weighted by Gasteiger charge is 2.49. The maximum absolute atomic E-state index is 11.9. The molecule has 1 N–H and O–H groups in total. The van der Waals surface area contributed by atoms with Crippen molar-refractivity contribution in [1.82, 2.24) is 9.62 Å². The molecule has 23 heavy (non-hydrogen) atoms. The molecule has 6 unspecified atom stereocenters. The van der Waals surface area contributed by atoms with Crippen LogP contribution in [-0.4, -0.2) is 53.2 Å². The third-order valence-electron chi connectivity index (χ3n) is 4.99. The van der Waals surface area contributed by atoms with Crippen LogP contribution in [0.15, 0.2) is 12.2 Å². The van der Waals surface area contributed by atoms with Gasteiger partial charge in [-0.2, -0.15) is 5.26 Å². The molecule has 0 spiro atoms. The average Bonchev–Trinajstić information content (AvgIpc) is 2.81. The fourth-order valence-electron chi connectivity index (χ4n) is 3.75. The molecule has 1 rings (SSSR count). The minimum absolute atomic E-state index is 0.0660. The molecule has 0 saturated carbocycles. The van der Waals surface area contributed by atoms with E-state index in [1.54, 1.807) is 13.4 Å². The van der Waals surface area contributed by atoms with E-state index >= 15 is 0 Å². The highest BCUT2D eigenvalue weighted by Crippen LogP contribution is 2.37. The molecule has 6 atom stereocenters. The van der Waals surface area contributed by atoms with E-state index in [2.05, 4.69) is 35.6 Å². The van der Waals surface area contributed by atoms with Crippen molar-refractivity contribution >= 4 is 11.0 Å². The predicted molar refractivity (Wildman–Crippen MR) is 95.2 cm³/mol. The van der Waals surface area contributed by atoms with Gasteiger partial charge in [-0.15, -0.1) is 0 Å². The van der Waals surface area contributed by atoms with Gasteiger partial charge in [-0.25, -0.2) is 8.93 Å². The van der Waals surface area contributed by atoms with Gasteiger partial charge >= 0.3 is 0 Å². The highest BCUT2D eigenvalue weighted by molar-refractivity contribution is 7.82. The van der Waals surface area contributed by atoms with Crippen molar-refractivity contribution in [3.63, 3.8) is 0 Å². The SMILES string of the molecule is C/C=C\C1CC(C#N)N(C)C1C(NS(C)=O)C(C)(CCC)OC. The lowest BCUT2D eigenvalue weighted by Crippen LogP contribution is -2.61. The lowest BCUT2D eigenvalue weighted by molar-refractivity contribution is -0.0485. The van der Waals surface area contributed by atoms with Gasteiger partial charge in [-0.3, -0.25) is 4.90 Å². The molecule has 132 valence electrons. The molecule has 1 aliphatic rings. The Bertz CT molecular complexity index is 477. The molecule has 1 saturated heterocycles. The van der Waals surface area contributed by atoms with E-state index in [1.807, 2.05) is 20.0 Å². The maximum atomic E-state index is 11.9. The van der Waals surface area contributed by atoms with Crippen LogP contribution < -0.4 is 4.72 Å². The first-order valence-electron chi connectivity index (χ1n) is 8.23. The maximum Gasteiger partial charge on any atom is 0.0984 e. The van der Waals surface area contributed by atoms with Gasteiger partial charge in [0.15, 0.2) is 0 Å². The van der Waals surface area contributed by atoms with Crippen LogP contribution in [0.5, 0.6) is 0 Å². The fraction of sp³-hybridized carbons (Fsp3) is 0.824. The summed E-state index contributed by atoms with van der Waals surface area (Å²) in [5, 5.41) is 9.44. The van der Waals surface area contributed by atoms with Crippen molar-refractivity contribution in [2.75, 3.05) is 20.4 Å². The highest BCUT2D eigenvalue weighted by atomic mass is 32.2.